The molecule has 5 nitrogen and oxygen atoms in total. The van der Waals surface area contributed by atoms with Crippen molar-refractivity contribution in [2.75, 3.05) is 7.05 Å². The fraction of sp³-hybridized carbons (Fsp3) is 0.300. The topological polar surface area (TPSA) is 70.3 Å². The summed E-state index contributed by atoms with van der Waals surface area (Å²) in [6.07, 6.45) is 2.96. The number of pyridine rings is 1. The molecule has 0 aliphatic rings. The van der Waals surface area contributed by atoms with Crippen LogP contribution in [-0.2, 0) is 0 Å². The zero-order chi connectivity index (χ0) is 12.0. The Balaban J connectivity index is 2.67. The number of aromatic nitrogens is 1. The lowest BCUT2D eigenvalue weighted by molar-refractivity contribution is 0.282. The molecule has 1 unspecified atom stereocenters. The van der Waals surface area contributed by atoms with E-state index >= 15 is 0 Å². The fourth-order valence-electron chi connectivity index (χ4n) is 1.09. The number of hydrogen-bond acceptors (Lipinski definition) is 4. The third kappa shape index (κ3) is 3.41. The molecule has 1 rings (SSSR count). The second-order valence-corrected chi connectivity index (χ2v) is 3.31. The van der Waals surface area contributed by atoms with Crippen LogP contribution in [0.15, 0.2) is 23.3 Å². The lowest BCUT2D eigenvalue weighted by atomic mass is 10.3. The van der Waals surface area contributed by atoms with Crippen LogP contribution in [0, 0.1) is 11.5 Å². The van der Waals surface area contributed by atoms with E-state index in [-0.39, 0.29) is 6.10 Å². The van der Waals surface area contributed by atoms with Crippen molar-refractivity contribution in [3.05, 3.63) is 23.5 Å². The van der Waals surface area contributed by atoms with Crippen LogP contribution in [0.4, 0.5) is 0 Å². The van der Waals surface area contributed by atoms with E-state index in [1.807, 2.05) is 0 Å². The average molecular weight is 239 g/mol. The number of ether oxygens (including phenoxy) is 1. The molecule has 1 atom stereocenters. The summed E-state index contributed by atoms with van der Waals surface area (Å²) >= 11 is 5.64. The molecule has 0 aliphatic heterocycles. The van der Waals surface area contributed by atoms with E-state index in [2.05, 4.69) is 15.3 Å². The van der Waals surface area contributed by atoms with Crippen molar-refractivity contribution >= 4 is 17.4 Å². The number of aliphatic imine (C=N–C) groups is 1. The molecule has 0 bridgehead atoms. The lowest BCUT2D eigenvalue weighted by Crippen LogP contribution is -2.33. The van der Waals surface area contributed by atoms with Gasteiger partial charge in [-0.25, -0.2) is 4.98 Å². The van der Waals surface area contributed by atoms with Crippen molar-refractivity contribution in [1.82, 2.24) is 10.3 Å². The zero-order valence-electron chi connectivity index (χ0n) is 8.94. The van der Waals surface area contributed by atoms with Crippen LogP contribution in [0.5, 0.6) is 5.75 Å². The van der Waals surface area contributed by atoms with Gasteiger partial charge in [-0.05, 0) is 19.1 Å². The third-order valence-electron chi connectivity index (χ3n) is 1.82. The molecule has 1 N–H and O–H groups in total. The van der Waals surface area contributed by atoms with Gasteiger partial charge in [-0.2, -0.15) is 5.26 Å². The first-order valence-electron chi connectivity index (χ1n) is 4.57. The molecule has 0 aliphatic carbocycles. The van der Waals surface area contributed by atoms with Crippen LogP contribution >= 0.6 is 11.6 Å². The van der Waals surface area contributed by atoms with Crippen LogP contribution < -0.4 is 10.1 Å². The van der Waals surface area contributed by atoms with Gasteiger partial charge >= 0.3 is 0 Å². The SMILES string of the molecule is CN=C(NC#N)C(C)Oc1ccc(Cl)nc1. The number of nitrogens with one attached hydrogen (secondary N) is 1. The zero-order valence-corrected chi connectivity index (χ0v) is 9.69. The molecular weight excluding hydrogens is 228 g/mol. The number of nitriles is 1. The standard InChI is InChI=1S/C10H11ClN4O/c1-7(10(13-2)15-6-12)16-8-3-4-9(11)14-5-8/h3-5,7H,1-2H3,(H,13,15). The minimum Gasteiger partial charge on any atom is -0.481 e. The van der Waals surface area contributed by atoms with Crippen molar-refractivity contribution in [2.45, 2.75) is 13.0 Å². The van der Waals surface area contributed by atoms with Gasteiger partial charge in [0.2, 0.25) is 0 Å². The number of nitrogens with zero attached hydrogens (tertiary/aromatic N) is 3. The Morgan fingerprint density at radius 2 is 2.44 bits per heavy atom. The van der Waals surface area contributed by atoms with Gasteiger partial charge in [-0.3, -0.25) is 10.3 Å². The van der Waals surface area contributed by atoms with Gasteiger partial charge < -0.3 is 4.74 Å². The highest BCUT2D eigenvalue weighted by Crippen LogP contribution is 2.13. The summed E-state index contributed by atoms with van der Waals surface area (Å²) in [6, 6.07) is 3.33. The lowest BCUT2D eigenvalue weighted by Gasteiger charge is -2.14. The van der Waals surface area contributed by atoms with E-state index in [1.165, 1.54) is 6.20 Å². The van der Waals surface area contributed by atoms with Crippen LogP contribution in [0.1, 0.15) is 6.92 Å². The number of hydrogen-bond donors (Lipinski definition) is 1. The maximum absolute atomic E-state index is 8.49. The van der Waals surface area contributed by atoms with Gasteiger partial charge in [0.1, 0.15) is 10.9 Å². The van der Waals surface area contributed by atoms with Crippen molar-refractivity contribution in [2.24, 2.45) is 4.99 Å². The van der Waals surface area contributed by atoms with E-state index < -0.39 is 0 Å². The molecule has 0 radical (unpaired) electrons. The van der Waals surface area contributed by atoms with Gasteiger partial charge in [-0.1, -0.05) is 11.6 Å². The normalized spacial score (nSPS) is 12.8. The molecule has 0 saturated carbocycles. The first-order chi connectivity index (χ1) is 7.67. The molecule has 1 heterocycles. The van der Waals surface area contributed by atoms with Crippen molar-refractivity contribution < 1.29 is 4.74 Å². The van der Waals surface area contributed by atoms with Crippen molar-refractivity contribution in [1.29, 1.82) is 5.26 Å². The van der Waals surface area contributed by atoms with E-state index in [4.69, 9.17) is 21.6 Å². The molecule has 16 heavy (non-hydrogen) atoms. The highest BCUT2D eigenvalue weighted by molar-refractivity contribution is 6.29. The predicted octanol–water partition coefficient (Wildman–Crippen LogP) is 1.60. The Hall–Kier alpha value is -1.80. The molecule has 1 aromatic rings. The molecule has 0 saturated heterocycles. The Morgan fingerprint density at radius 1 is 1.69 bits per heavy atom. The Morgan fingerprint density at radius 3 is 2.94 bits per heavy atom. The van der Waals surface area contributed by atoms with Gasteiger partial charge in [0.15, 0.2) is 18.1 Å². The first kappa shape index (κ1) is 12.3. The number of amidine groups is 1. The highest BCUT2D eigenvalue weighted by Gasteiger charge is 2.11. The van der Waals surface area contributed by atoms with Crippen LogP contribution in [0.2, 0.25) is 5.15 Å². The molecule has 1 aromatic heterocycles. The summed E-state index contributed by atoms with van der Waals surface area (Å²) in [5.74, 6) is 1.02. The van der Waals surface area contributed by atoms with E-state index in [0.717, 1.165) is 0 Å². The number of rotatable bonds is 3. The van der Waals surface area contributed by atoms with Gasteiger partial charge in [0.25, 0.3) is 0 Å². The van der Waals surface area contributed by atoms with Crippen LogP contribution in [0.25, 0.3) is 0 Å². The smallest absolute Gasteiger partial charge is 0.182 e. The maximum atomic E-state index is 8.49. The average Bonchev–Trinajstić information content (AvgIpc) is 2.29. The Bertz CT molecular complexity index is 410. The van der Waals surface area contributed by atoms with E-state index in [0.29, 0.717) is 16.7 Å². The minimum atomic E-state index is -0.354. The summed E-state index contributed by atoms with van der Waals surface area (Å²) in [4.78, 5) is 7.78. The molecule has 0 aromatic carbocycles. The molecular formula is C10H11ClN4O. The quantitative estimate of drug-likeness (QED) is 0.286. The molecule has 0 amide bonds. The predicted molar refractivity (Wildman–Crippen MR) is 61.4 cm³/mol. The summed E-state index contributed by atoms with van der Waals surface area (Å²) in [5, 5.41) is 11.3. The molecule has 0 fully saturated rings. The van der Waals surface area contributed by atoms with Crippen LogP contribution in [-0.4, -0.2) is 24.0 Å². The molecule has 6 heteroatoms. The van der Waals surface area contributed by atoms with Gasteiger partial charge in [0.05, 0.1) is 6.20 Å². The summed E-state index contributed by atoms with van der Waals surface area (Å²) in [7, 11) is 1.58. The second kappa shape index (κ2) is 5.93. The maximum Gasteiger partial charge on any atom is 0.182 e. The van der Waals surface area contributed by atoms with Crippen molar-refractivity contribution in [3.8, 4) is 11.9 Å². The summed E-state index contributed by atoms with van der Waals surface area (Å²) in [5.41, 5.74) is 0. The number of halogens is 1. The first-order valence-corrected chi connectivity index (χ1v) is 4.95. The van der Waals surface area contributed by atoms with E-state index in [1.54, 1.807) is 32.3 Å². The second-order valence-electron chi connectivity index (χ2n) is 2.92. The Labute approximate surface area is 98.7 Å². The summed E-state index contributed by atoms with van der Waals surface area (Å²) in [6.45, 7) is 1.78. The van der Waals surface area contributed by atoms with E-state index in [9.17, 15) is 0 Å². The van der Waals surface area contributed by atoms with Gasteiger partial charge in [-0.15, -0.1) is 0 Å². The largest absolute Gasteiger partial charge is 0.481 e. The highest BCUT2D eigenvalue weighted by atomic mass is 35.5. The summed E-state index contributed by atoms with van der Waals surface area (Å²) < 4.78 is 5.51. The molecule has 0 spiro atoms. The minimum absolute atomic E-state index is 0.354. The van der Waals surface area contributed by atoms with Crippen molar-refractivity contribution in [3.63, 3.8) is 0 Å². The Kier molecular flexibility index (Phi) is 4.55. The molecule has 84 valence electrons. The third-order valence-corrected chi connectivity index (χ3v) is 2.05. The van der Waals surface area contributed by atoms with Gasteiger partial charge in [0, 0.05) is 7.05 Å². The van der Waals surface area contributed by atoms with Crippen LogP contribution in [0.3, 0.4) is 0 Å². The monoisotopic (exact) mass is 238 g/mol. The fourth-order valence-corrected chi connectivity index (χ4v) is 1.20.